The van der Waals surface area contributed by atoms with Crippen LogP contribution >= 0.6 is 11.3 Å². The number of hydrogen-bond acceptors (Lipinski definition) is 8. The summed E-state index contributed by atoms with van der Waals surface area (Å²) in [6, 6.07) is 16.6. The molecule has 0 aliphatic carbocycles. The Bertz CT molecular complexity index is 2040. The number of amides is 1. The highest BCUT2D eigenvalue weighted by molar-refractivity contribution is 7.89. The van der Waals surface area contributed by atoms with E-state index in [4.69, 9.17) is 5.10 Å². The van der Waals surface area contributed by atoms with Gasteiger partial charge in [0.25, 0.3) is 5.91 Å². The highest BCUT2D eigenvalue weighted by atomic mass is 32.2. The van der Waals surface area contributed by atoms with E-state index in [-0.39, 0.29) is 16.7 Å². The van der Waals surface area contributed by atoms with Gasteiger partial charge < -0.3 is 5.32 Å². The molecule has 0 spiro atoms. The fraction of sp³-hybridized carbons (Fsp3) is 0.207. The van der Waals surface area contributed by atoms with Gasteiger partial charge >= 0.3 is 0 Å². The fourth-order valence-corrected chi connectivity index (χ4v) is 7.43. The minimum Gasteiger partial charge on any atom is -0.306 e. The Kier molecular flexibility index (Phi) is 6.56. The maximum Gasteiger partial charge on any atom is 0.262 e. The highest BCUT2D eigenvalue weighted by Gasteiger charge is 2.32. The number of rotatable bonds is 6. The minimum absolute atomic E-state index is 0.0264. The molecule has 0 bridgehead atoms. The third-order valence-corrected chi connectivity index (χ3v) is 10.3. The topological polar surface area (TPSA) is 127 Å². The lowest BCUT2D eigenvalue weighted by atomic mass is 9.95. The Morgan fingerprint density at radius 2 is 1.86 bits per heavy atom. The second-order valence-corrected chi connectivity index (χ2v) is 13.1. The summed E-state index contributed by atoms with van der Waals surface area (Å²) >= 11 is 1.48. The van der Waals surface area contributed by atoms with Gasteiger partial charge in [0.2, 0.25) is 10.0 Å². The number of nitrogens with zero attached hydrogens (tertiary/aromatic N) is 7. The van der Waals surface area contributed by atoms with E-state index in [0.717, 1.165) is 21.6 Å². The Balaban J connectivity index is 1.14. The molecule has 1 aliphatic heterocycles. The SMILES string of the molecule is Cc1ccc(-n2nc(C3CCN(S(=O)(=O)c4ccc5scnc5c4)CC3)cc2NC(=O)c2cnn3cccnc23)cc1. The second kappa shape index (κ2) is 10.4. The summed E-state index contributed by atoms with van der Waals surface area (Å²) in [6.07, 6.45) is 6.06. The molecule has 1 fully saturated rings. The van der Waals surface area contributed by atoms with Crippen molar-refractivity contribution in [2.75, 3.05) is 18.4 Å². The van der Waals surface area contributed by atoms with Gasteiger partial charge in [0.15, 0.2) is 5.65 Å². The number of piperidine rings is 1. The molecule has 7 rings (SSSR count). The number of benzene rings is 2. The van der Waals surface area contributed by atoms with Crippen LogP contribution < -0.4 is 5.32 Å². The van der Waals surface area contributed by atoms with Crippen LogP contribution in [0.1, 0.15) is 40.4 Å². The van der Waals surface area contributed by atoms with Crippen molar-refractivity contribution >= 4 is 48.9 Å². The van der Waals surface area contributed by atoms with Crippen molar-refractivity contribution in [3.63, 3.8) is 0 Å². The molecular formula is C29H26N8O3S2. The van der Waals surface area contributed by atoms with Gasteiger partial charge in [0, 0.05) is 37.5 Å². The quantitative estimate of drug-likeness (QED) is 0.296. The van der Waals surface area contributed by atoms with Gasteiger partial charge in [-0.15, -0.1) is 11.3 Å². The summed E-state index contributed by atoms with van der Waals surface area (Å²) in [5.74, 6) is 0.195. The van der Waals surface area contributed by atoms with Gasteiger partial charge in [-0.25, -0.2) is 27.6 Å². The molecule has 1 aliphatic rings. The lowest BCUT2D eigenvalue weighted by Gasteiger charge is -2.30. The van der Waals surface area contributed by atoms with Gasteiger partial charge in [-0.05, 0) is 56.2 Å². The monoisotopic (exact) mass is 598 g/mol. The first-order valence-electron chi connectivity index (χ1n) is 13.5. The van der Waals surface area contributed by atoms with Crippen LogP contribution in [0.2, 0.25) is 0 Å². The van der Waals surface area contributed by atoms with Crippen LogP contribution in [-0.4, -0.2) is 61.1 Å². The van der Waals surface area contributed by atoms with E-state index in [0.29, 0.717) is 48.5 Å². The van der Waals surface area contributed by atoms with Gasteiger partial charge in [0.05, 0.1) is 38.2 Å². The number of anilines is 1. The summed E-state index contributed by atoms with van der Waals surface area (Å²) in [5, 5.41) is 12.1. The molecule has 0 unspecified atom stereocenters. The van der Waals surface area contributed by atoms with Crippen LogP contribution in [0, 0.1) is 6.92 Å². The summed E-state index contributed by atoms with van der Waals surface area (Å²) in [4.78, 5) is 22.2. The predicted molar refractivity (Wildman–Crippen MR) is 160 cm³/mol. The Morgan fingerprint density at radius 3 is 2.67 bits per heavy atom. The molecule has 1 saturated heterocycles. The number of aryl methyl sites for hydroxylation is 1. The van der Waals surface area contributed by atoms with Gasteiger partial charge in [-0.1, -0.05) is 17.7 Å². The molecule has 42 heavy (non-hydrogen) atoms. The van der Waals surface area contributed by atoms with Crippen LogP contribution in [0.15, 0.2) is 83.6 Å². The zero-order valence-electron chi connectivity index (χ0n) is 22.6. The largest absolute Gasteiger partial charge is 0.306 e. The average Bonchev–Trinajstić information content (AvgIpc) is 3.76. The van der Waals surface area contributed by atoms with Crippen molar-refractivity contribution in [2.45, 2.75) is 30.6 Å². The number of hydrogen-bond donors (Lipinski definition) is 1. The summed E-state index contributed by atoms with van der Waals surface area (Å²) in [6.45, 7) is 2.75. The Labute approximate surface area is 245 Å². The molecule has 13 heteroatoms. The lowest BCUT2D eigenvalue weighted by Crippen LogP contribution is -2.38. The predicted octanol–water partition coefficient (Wildman–Crippen LogP) is 4.65. The lowest BCUT2D eigenvalue weighted by molar-refractivity contribution is 0.102. The molecule has 0 radical (unpaired) electrons. The molecule has 6 aromatic rings. The van der Waals surface area contributed by atoms with Crippen LogP contribution in [0.3, 0.4) is 0 Å². The van der Waals surface area contributed by atoms with Crippen LogP contribution in [0.5, 0.6) is 0 Å². The maximum absolute atomic E-state index is 13.4. The first-order valence-corrected chi connectivity index (χ1v) is 15.8. The zero-order valence-corrected chi connectivity index (χ0v) is 24.2. The summed E-state index contributed by atoms with van der Waals surface area (Å²) in [7, 11) is -3.64. The van der Waals surface area contributed by atoms with Gasteiger partial charge in [-0.2, -0.15) is 14.5 Å². The van der Waals surface area contributed by atoms with Crippen molar-refractivity contribution in [1.82, 2.24) is 33.7 Å². The van der Waals surface area contributed by atoms with E-state index < -0.39 is 10.0 Å². The van der Waals surface area contributed by atoms with Crippen molar-refractivity contribution in [1.29, 1.82) is 0 Å². The van der Waals surface area contributed by atoms with Crippen molar-refractivity contribution < 1.29 is 13.2 Å². The molecule has 0 saturated carbocycles. The van der Waals surface area contributed by atoms with Crippen molar-refractivity contribution in [2.24, 2.45) is 0 Å². The smallest absolute Gasteiger partial charge is 0.262 e. The zero-order chi connectivity index (χ0) is 28.8. The molecule has 11 nitrogen and oxygen atoms in total. The first kappa shape index (κ1) is 26.4. The molecule has 4 aromatic heterocycles. The fourth-order valence-electron chi connectivity index (χ4n) is 5.28. The van der Waals surface area contributed by atoms with Crippen LogP contribution in [0.4, 0.5) is 5.82 Å². The van der Waals surface area contributed by atoms with E-state index in [2.05, 4.69) is 20.4 Å². The molecule has 1 N–H and O–H groups in total. The standard InChI is InChI=1S/C29H26N8O3S2/c1-19-3-5-21(6-4-19)37-27(33-29(38)23-17-32-36-12-2-11-30-28(23)36)16-24(34-37)20-9-13-35(14-10-20)42(39,40)22-7-8-26-25(15-22)31-18-41-26/h2-8,11-12,15-18,20H,9-10,13-14H2,1H3,(H,33,38). The summed E-state index contributed by atoms with van der Waals surface area (Å²) in [5.41, 5.74) is 5.92. The molecule has 1 amide bonds. The van der Waals surface area contributed by atoms with Crippen molar-refractivity contribution in [3.05, 3.63) is 95.5 Å². The molecule has 212 valence electrons. The number of sulfonamides is 1. The molecule has 0 atom stereocenters. The van der Waals surface area contributed by atoms with E-state index in [1.54, 1.807) is 45.3 Å². The van der Waals surface area contributed by atoms with E-state index in [9.17, 15) is 13.2 Å². The number of nitrogens with one attached hydrogen (secondary N) is 1. The normalized spacial score (nSPS) is 15.0. The van der Waals surface area contributed by atoms with Gasteiger partial charge in [-0.3, -0.25) is 4.79 Å². The van der Waals surface area contributed by atoms with Crippen LogP contribution in [-0.2, 0) is 10.0 Å². The summed E-state index contributed by atoms with van der Waals surface area (Å²) < 4.78 is 32.6. The minimum atomic E-state index is -3.64. The molecule has 2 aromatic carbocycles. The van der Waals surface area contributed by atoms with E-state index >= 15 is 0 Å². The molecule has 5 heterocycles. The Morgan fingerprint density at radius 1 is 1.05 bits per heavy atom. The van der Waals surface area contributed by atoms with E-state index in [1.165, 1.54) is 21.8 Å². The third-order valence-electron chi connectivity index (χ3n) is 7.58. The Hall–Kier alpha value is -4.46. The van der Waals surface area contributed by atoms with Crippen LogP contribution in [0.25, 0.3) is 21.6 Å². The maximum atomic E-state index is 13.4. The number of carbonyl (C=O) groups excluding carboxylic acids is 1. The van der Waals surface area contributed by atoms with Gasteiger partial charge in [0.1, 0.15) is 11.4 Å². The first-order chi connectivity index (χ1) is 20.4. The number of aromatic nitrogens is 6. The number of thiazole rings is 1. The van der Waals surface area contributed by atoms with E-state index in [1.807, 2.05) is 43.3 Å². The number of fused-ring (bicyclic) bond motifs is 2. The number of carbonyl (C=O) groups is 1. The highest BCUT2D eigenvalue weighted by Crippen LogP contribution is 2.33. The second-order valence-electron chi connectivity index (χ2n) is 10.3. The van der Waals surface area contributed by atoms with Crippen molar-refractivity contribution in [3.8, 4) is 5.69 Å². The third kappa shape index (κ3) is 4.74. The molecular weight excluding hydrogens is 573 g/mol. The average molecular weight is 599 g/mol.